The number of carbonyl (C=O) groups is 2. The molecule has 0 aliphatic heterocycles. The Hall–Kier alpha value is -5.20. The van der Waals surface area contributed by atoms with Gasteiger partial charge in [0.05, 0.1) is 46.8 Å². The number of thiophene rings is 1. The molecule has 42 heavy (non-hydrogen) atoms. The number of hydrogen-bond acceptors (Lipinski definition) is 10. The SMILES string of the molecule is O=C(Cn1c(-c2cccnc2)cc(-c2cc(NCc3ccc(Cl)s3)n(C(=O)c3ccoc3)n2)cc1=O)c1cnccn1. The summed E-state index contributed by atoms with van der Waals surface area (Å²) in [6, 6.07) is 13.6. The molecule has 0 aromatic carbocycles. The fraction of sp³-hybridized carbons (Fsp3) is 0.0690. The molecule has 6 aromatic heterocycles. The molecule has 0 saturated carbocycles. The highest BCUT2D eigenvalue weighted by molar-refractivity contribution is 7.16. The molecule has 0 bridgehead atoms. The molecule has 6 rings (SSSR count). The first-order chi connectivity index (χ1) is 20.5. The first kappa shape index (κ1) is 27.0. The lowest BCUT2D eigenvalue weighted by molar-refractivity contribution is 0.0944. The second kappa shape index (κ2) is 11.7. The van der Waals surface area contributed by atoms with Crippen LogP contribution in [0, 0.1) is 0 Å². The van der Waals surface area contributed by atoms with Crippen LogP contribution in [-0.2, 0) is 13.1 Å². The first-order valence-corrected chi connectivity index (χ1v) is 13.8. The van der Waals surface area contributed by atoms with Crippen molar-refractivity contribution in [3.05, 3.63) is 123 Å². The predicted molar refractivity (Wildman–Crippen MR) is 157 cm³/mol. The topological polar surface area (TPSA) is 138 Å². The van der Waals surface area contributed by atoms with Crippen LogP contribution in [0.15, 0.2) is 101 Å². The second-order valence-corrected chi connectivity index (χ2v) is 10.8. The van der Waals surface area contributed by atoms with Crippen molar-refractivity contribution in [1.82, 2.24) is 29.3 Å². The Kier molecular flexibility index (Phi) is 7.54. The number of hydrogen-bond donors (Lipinski definition) is 1. The zero-order valence-electron chi connectivity index (χ0n) is 21.7. The van der Waals surface area contributed by atoms with Crippen LogP contribution in [-0.4, -0.2) is 41.0 Å². The lowest BCUT2D eigenvalue weighted by Crippen LogP contribution is -2.26. The zero-order valence-corrected chi connectivity index (χ0v) is 23.2. The molecule has 0 aliphatic rings. The Bertz CT molecular complexity index is 1930. The number of furan rings is 1. The number of anilines is 1. The van der Waals surface area contributed by atoms with Gasteiger partial charge in [0, 0.05) is 52.9 Å². The van der Waals surface area contributed by atoms with Crippen LogP contribution in [0.5, 0.6) is 0 Å². The number of halogens is 1. The van der Waals surface area contributed by atoms with Gasteiger partial charge in [0.1, 0.15) is 17.8 Å². The van der Waals surface area contributed by atoms with E-state index in [1.165, 1.54) is 57.8 Å². The molecule has 0 aliphatic carbocycles. The van der Waals surface area contributed by atoms with Crippen molar-refractivity contribution in [2.75, 3.05) is 5.32 Å². The van der Waals surface area contributed by atoms with Gasteiger partial charge >= 0.3 is 0 Å². The molecule has 0 fully saturated rings. The number of ketones is 1. The molecule has 13 heteroatoms. The molecule has 0 spiro atoms. The molecule has 11 nitrogen and oxygen atoms in total. The second-order valence-electron chi connectivity index (χ2n) is 9.01. The maximum Gasteiger partial charge on any atom is 0.283 e. The van der Waals surface area contributed by atoms with Gasteiger partial charge in [-0.3, -0.25) is 24.4 Å². The Morgan fingerprint density at radius 3 is 2.60 bits per heavy atom. The minimum absolute atomic E-state index is 0.143. The van der Waals surface area contributed by atoms with Crippen LogP contribution in [0.25, 0.3) is 22.5 Å². The summed E-state index contributed by atoms with van der Waals surface area (Å²) < 4.78 is 8.32. The van der Waals surface area contributed by atoms with E-state index in [-0.39, 0.29) is 18.0 Å². The summed E-state index contributed by atoms with van der Waals surface area (Å²) in [4.78, 5) is 52.9. The smallest absolute Gasteiger partial charge is 0.283 e. The van der Waals surface area contributed by atoms with E-state index >= 15 is 0 Å². The maximum atomic E-state index is 13.5. The maximum absolute atomic E-state index is 13.5. The molecule has 6 heterocycles. The summed E-state index contributed by atoms with van der Waals surface area (Å²) in [6.45, 7) is 0.139. The van der Waals surface area contributed by atoms with Gasteiger partial charge < -0.3 is 14.3 Å². The molecule has 0 unspecified atom stereocenters. The van der Waals surface area contributed by atoms with Crippen molar-refractivity contribution >= 4 is 40.4 Å². The number of carbonyl (C=O) groups excluding carboxylic acids is 2. The van der Waals surface area contributed by atoms with Gasteiger partial charge in [-0.05, 0) is 36.4 Å². The molecular weight excluding hydrogens is 578 g/mol. The summed E-state index contributed by atoms with van der Waals surface area (Å²) in [6.07, 6.45) is 10.2. The van der Waals surface area contributed by atoms with Crippen LogP contribution in [0.3, 0.4) is 0 Å². The zero-order chi connectivity index (χ0) is 29.1. The lowest BCUT2D eigenvalue weighted by atomic mass is 10.1. The van der Waals surface area contributed by atoms with Gasteiger partial charge in [-0.15, -0.1) is 11.3 Å². The quantitative estimate of drug-likeness (QED) is 0.227. The predicted octanol–water partition coefficient (Wildman–Crippen LogP) is 5.06. The number of pyridine rings is 2. The molecule has 0 amide bonds. The third kappa shape index (κ3) is 5.66. The summed E-state index contributed by atoms with van der Waals surface area (Å²) in [5.41, 5.74) is 1.88. The lowest BCUT2D eigenvalue weighted by Gasteiger charge is -2.13. The fourth-order valence-corrected chi connectivity index (χ4v) is 5.29. The van der Waals surface area contributed by atoms with Crippen LogP contribution in [0.2, 0.25) is 4.34 Å². The number of rotatable bonds is 9. The molecule has 208 valence electrons. The minimum Gasteiger partial charge on any atom is -0.472 e. The van der Waals surface area contributed by atoms with Crippen molar-refractivity contribution in [1.29, 1.82) is 0 Å². The van der Waals surface area contributed by atoms with Gasteiger partial charge in [-0.2, -0.15) is 9.78 Å². The molecule has 1 N–H and O–H groups in total. The largest absolute Gasteiger partial charge is 0.472 e. The van der Waals surface area contributed by atoms with Gasteiger partial charge in [0.15, 0.2) is 0 Å². The number of nitrogens with one attached hydrogen (secondary N) is 1. The standard InChI is InChI=1S/C29H20ClN7O4S/c30-26-4-3-21(42-26)14-34-27-12-22(35-37(27)29(40)19-5-9-41-17-19)20-10-24(18-2-1-6-31-13-18)36(28(39)11-20)16-25(38)23-15-32-7-8-33-23/h1-13,15,17,34H,14,16H2. The van der Waals surface area contributed by atoms with E-state index in [1.54, 1.807) is 48.8 Å². The number of aromatic nitrogens is 6. The van der Waals surface area contributed by atoms with E-state index < -0.39 is 11.5 Å². The van der Waals surface area contributed by atoms with E-state index in [2.05, 4.69) is 25.4 Å². The van der Waals surface area contributed by atoms with E-state index in [0.717, 1.165) is 4.88 Å². The molecule has 0 radical (unpaired) electrons. The molecule has 6 aromatic rings. The number of Topliss-reactive ketones (excluding diaryl/α,β-unsaturated/α-hetero) is 1. The Morgan fingerprint density at radius 2 is 1.88 bits per heavy atom. The van der Waals surface area contributed by atoms with E-state index in [1.807, 2.05) is 6.07 Å². The number of nitrogens with zero attached hydrogens (tertiary/aromatic N) is 6. The van der Waals surface area contributed by atoms with Crippen LogP contribution in [0.1, 0.15) is 25.7 Å². The van der Waals surface area contributed by atoms with Crippen molar-refractivity contribution in [2.45, 2.75) is 13.1 Å². The Labute approximate surface area is 247 Å². The monoisotopic (exact) mass is 597 g/mol. The first-order valence-electron chi connectivity index (χ1n) is 12.6. The van der Waals surface area contributed by atoms with Crippen molar-refractivity contribution in [2.24, 2.45) is 0 Å². The Morgan fingerprint density at radius 1 is 1.00 bits per heavy atom. The summed E-state index contributed by atoms with van der Waals surface area (Å²) in [5.74, 6) is -0.388. The third-order valence-corrected chi connectivity index (χ3v) is 7.51. The van der Waals surface area contributed by atoms with Crippen LogP contribution in [0.4, 0.5) is 5.82 Å². The molecule has 0 saturated heterocycles. The summed E-state index contributed by atoms with van der Waals surface area (Å²) in [7, 11) is 0. The average molecular weight is 598 g/mol. The van der Waals surface area contributed by atoms with E-state index in [0.29, 0.717) is 44.8 Å². The Balaban J connectivity index is 1.42. The fourth-order valence-electron chi connectivity index (χ4n) is 4.26. The highest BCUT2D eigenvalue weighted by Crippen LogP contribution is 2.28. The molecular formula is C29H20ClN7O4S. The molecule has 0 atom stereocenters. The minimum atomic E-state index is -0.443. The third-order valence-electron chi connectivity index (χ3n) is 6.27. The van der Waals surface area contributed by atoms with Crippen molar-refractivity contribution < 1.29 is 14.0 Å². The van der Waals surface area contributed by atoms with E-state index in [4.69, 9.17) is 16.0 Å². The highest BCUT2D eigenvalue weighted by Gasteiger charge is 2.21. The average Bonchev–Trinajstić information content (AvgIpc) is 3.79. The van der Waals surface area contributed by atoms with Gasteiger partial charge in [-0.1, -0.05) is 11.6 Å². The normalized spacial score (nSPS) is 11.0. The van der Waals surface area contributed by atoms with Crippen molar-refractivity contribution in [3.63, 3.8) is 0 Å². The van der Waals surface area contributed by atoms with Crippen LogP contribution >= 0.6 is 22.9 Å². The van der Waals surface area contributed by atoms with E-state index in [9.17, 15) is 14.4 Å². The van der Waals surface area contributed by atoms with Crippen molar-refractivity contribution in [3.8, 4) is 22.5 Å². The highest BCUT2D eigenvalue weighted by atomic mass is 35.5. The van der Waals surface area contributed by atoms with Gasteiger partial charge in [0.2, 0.25) is 5.78 Å². The summed E-state index contributed by atoms with van der Waals surface area (Å²) >= 11 is 7.50. The van der Waals surface area contributed by atoms with Gasteiger partial charge in [0.25, 0.3) is 11.5 Å². The van der Waals surface area contributed by atoms with Crippen LogP contribution < -0.4 is 10.9 Å². The summed E-state index contributed by atoms with van der Waals surface area (Å²) in [5, 5.41) is 7.80. The van der Waals surface area contributed by atoms with Gasteiger partial charge in [-0.25, -0.2) is 4.98 Å².